The molecule has 0 saturated heterocycles. The Morgan fingerprint density at radius 1 is 1.24 bits per heavy atom. The number of nitrogens with one attached hydrogen (secondary N) is 2. The summed E-state index contributed by atoms with van der Waals surface area (Å²) < 4.78 is 36.5. The second-order valence-corrected chi connectivity index (χ2v) is 6.33. The molecule has 1 aromatic carbocycles. The first-order chi connectivity index (χ1) is 9.77. The van der Waals surface area contributed by atoms with Crippen molar-refractivity contribution < 1.29 is 17.6 Å². The number of hydrogen-bond acceptors (Lipinski definition) is 4. The third-order valence-corrected chi connectivity index (χ3v) is 3.76. The molecule has 0 saturated carbocycles. The van der Waals surface area contributed by atoms with E-state index in [1.54, 1.807) is 0 Å². The Labute approximate surface area is 119 Å². The summed E-state index contributed by atoms with van der Waals surface area (Å²) in [6.07, 6.45) is 2.25. The van der Waals surface area contributed by atoms with Crippen molar-refractivity contribution in [3.8, 4) is 0 Å². The number of sulfone groups is 1. The lowest BCUT2D eigenvalue weighted by molar-refractivity contribution is 0.102. The van der Waals surface area contributed by atoms with E-state index in [0.717, 1.165) is 30.5 Å². The molecule has 2 N–H and O–H groups in total. The molecule has 21 heavy (non-hydrogen) atoms. The van der Waals surface area contributed by atoms with Crippen LogP contribution in [0.15, 0.2) is 46.2 Å². The van der Waals surface area contributed by atoms with Gasteiger partial charge in [-0.05, 0) is 24.3 Å². The van der Waals surface area contributed by atoms with Gasteiger partial charge in [-0.3, -0.25) is 9.59 Å². The lowest BCUT2D eigenvalue weighted by atomic mass is 10.2. The highest BCUT2D eigenvalue weighted by atomic mass is 32.2. The van der Waals surface area contributed by atoms with E-state index in [4.69, 9.17) is 0 Å². The van der Waals surface area contributed by atoms with Crippen molar-refractivity contribution in [2.24, 2.45) is 0 Å². The first-order valence-electron chi connectivity index (χ1n) is 5.77. The van der Waals surface area contributed by atoms with Crippen LogP contribution in [0.2, 0.25) is 0 Å². The highest BCUT2D eigenvalue weighted by Gasteiger charge is 2.14. The lowest BCUT2D eigenvalue weighted by Gasteiger charge is -2.08. The molecule has 2 rings (SSSR count). The van der Waals surface area contributed by atoms with Crippen LogP contribution in [0.4, 0.5) is 10.1 Å². The Balaban J connectivity index is 2.35. The number of benzene rings is 1. The number of aromatic amines is 1. The molecular formula is C13H11FN2O4S. The van der Waals surface area contributed by atoms with Gasteiger partial charge in [0.2, 0.25) is 5.56 Å². The Morgan fingerprint density at radius 3 is 2.57 bits per heavy atom. The summed E-state index contributed by atoms with van der Waals surface area (Å²) >= 11 is 0. The number of halogens is 1. The smallest absolute Gasteiger partial charge is 0.255 e. The predicted molar refractivity (Wildman–Crippen MR) is 74.5 cm³/mol. The third kappa shape index (κ3) is 3.54. The predicted octanol–water partition coefficient (Wildman–Crippen LogP) is 1.17. The van der Waals surface area contributed by atoms with E-state index in [9.17, 15) is 22.4 Å². The van der Waals surface area contributed by atoms with E-state index >= 15 is 0 Å². The zero-order valence-electron chi connectivity index (χ0n) is 10.9. The molecule has 0 bridgehead atoms. The van der Waals surface area contributed by atoms with Gasteiger partial charge in [0.05, 0.1) is 10.6 Å². The molecule has 0 atom stereocenters. The van der Waals surface area contributed by atoms with E-state index in [2.05, 4.69) is 10.3 Å². The zero-order chi connectivity index (χ0) is 15.6. The maximum absolute atomic E-state index is 13.6. The summed E-state index contributed by atoms with van der Waals surface area (Å²) in [7, 11) is -3.52. The largest absolute Gasteiger partial charge is 0.329 e. The minimum absolute atomic E-state index is 0.0305. The van der Waals surface area contributed by atoms with Crippen LogP contribution in [0.3, 0.4) is 0 Å². The van der Waals surface area contributed by atoms with Crippen molar-refractivity contribution in [2.45, 2.75) is 4.90 Å². The van der Waals surface area contributed by atoms with Gasteiger partial charge in [-0.2, -0.15) is 0 Å². The van der Waals surface area contributed by atoms with E-state index in [-0.39, 0.29) is 16.1 Å². The fraction of sp³-hybridized carbons (Fsp3) is 0.0769. The molecule has 0 unspecified atom stereocenters. The first-order valence-corrected chi connectivity index (χ1v) is 7.66. The Bertz CT molecular complexity index is 858. The molecule has 0 spiro atoms. The molecule has 1 aromatic heterocycles. The number of pyridine rings is 1. The van der Waals surface area contributed by atoms with Crippen LogP contribution in [-0.4, -0.2) is 25.6 Å². The van der Waals surface area contributed by atoms with Crippen LogP contribution in [0.25, 0.3) is 0 Å². The van der Waals surface area contributed by atoms with E-state index in [0.29, 0.717) is 0 Å². The van der Waals surface area contributed by atoms with Gasteiger partial charge < -0.3 is 10.3 Å². The normalized spacial score (nSPS) is 11.1. The van der Waals surface area contributed by atoms with E-state index in [1.165, 1.54) is 12.3 Å². The number of carbonyl (C=O) groups is 1. The summed E-state index contributed by atoms with van der Waals surface area (Å²) in [5.41, 5.74) is -0.723. The number of rotatable bonds is 3. The van der Waals surface area contributed by atoms with Crippen LogP contribution in [0.1, 0.15) is 10.4 Å². The highest BCUT2D eigenvalue weighted by molar-refractivity contribution is 7.90. The molecule has 1 heterocycles. The van der Waals surface area contributed by atoms with Crippen molar-refractivity contribution in [3.63, 3.8) is 0 Å². The van der Waals surface area contributed by atoms with Crippen LogP contribution in [0.5, 0.6) is 0 Å². The molecule has 2 aromatic rings. The quantitative estimate of drug-likeness (QED) is 0.832. The fourth-order valence-corrected chi connectivity index (χ4v) is 2.26. The molecule has 0 aliphatic carbocycles. The Morgan fingerprint density at radius 2 is 1.95 bits per heavy atom. The molecule has 0 radical (unpaired) electrons. The fourth-order valence-electron chi connectivity index (χ4n) is 1.61. The van der Waals surface area contributed by atoms with Crippen molar-refractivity contribution in [3.05, 3.63) is 58.3 Å². The molecular weight excluding hydrogens is 299 g/mol. The number of hydrogen-bond donors (Lipinski definition) is 2. The Hall–Kier alpha value is -2.48. The average Bonchev–Trinajstić information content (AvgIpc) is 2.40. The molecule has 0 aliphatic rings. The van der Waals surface area contributed by atoms with Crippen LogP contribution in [0, 0.1) is 5.82 Å². The zero-order valence-corrected chi connectivity index (χ0v) is 11.7. The Kier molecular flexibility index (Phi) is 3.90. The van der Waals surface area contributed by atoms with Gasteiger partial charge in [-0.1, -0.05) is 0 Å². The minimum Gasteiger partial charge on any atom is -0.329 e. The van der Waals surface area contributed by atoms with Crippen LogP contribution in [-0.2, 0) is 9.84 Å². The maximum atomic E-state index is 13.6. The van der Waals surface area contributed by atoms with E-state index < -0.39 is 27.1 Å². The standard InChI is InChI=1S/C13H11FN2O4S/c1-21(19,20)9-2-3-10(14)11(7-9)16-13(18)8-4-5-15-12(17)6-8/h2-7H,1H3,(H,15,17)(H,16,18). The highest BCUT2D eigenvalue weighted by Crippen LogP contribution is 2.20. The average molecular weight is 310 g/mol. The second kappa shape index (κ2) is 5.49. The monoisotopic (exact) mass is 310 g/mol. The summed E-state index contributed by atoms with van der Waals surface area (Å²) in [5, 5.41) is 2.24. The van der Waals surface area contributed by atoms with Crippen molar-refractivity contribution in [2.75, 3.05) is 11.6 Å². The van der Waals surface area contributed by atoms with Gasteiger partial charge in [0.15, 0.2) is 9.84 Å². The summed E-state index contributed by atoms with van der Waals surface area (Å²) in [5.74, 6) is -1.49. The molecule has 0 aliphatic heterocycles. The molecule has 0 fully saturated rings. The van der Waals surface area contributed by atoms with Crippen molar-refractivity contribution >= 4 is 21.4 Å². The number of H-pyrrole nitrogens is 1. The van der Waals surface area contributed by atoms with Gasteiger partial charge >= 0.3 is 0 Å². The number of aromatic nitrogens is 1. The summed E-state index contributed by atoms with van der Waals surface area (Å²) in [4.78, 5) is 25.2. The van der Waals surface area contributed by atoms with Crippen molar-refractivity contribution in [1.82, 2.24) is 4.98 Å². The third-order valence-electron chi connectivity index (χ3n) is 2.65. The molecule has 110 valence electrons. The number of carbonyl (C=O) groups excluding carboxylic acids is 1. The lowest BCUT2D eigenvalue weighted by Crippen LogP contribution is -2.16. The van der Waals surface area contributed by atoms with Gasteiger partial charge in [0.25, 0.3) is 5.91 Å². The van der Waals surface area contributed by atoms with Gasteiger partial charge in [-0.25, -0.2) is 12.8 Å². The summed E-state index contributed by atoms with van der Waals surface area (Å²) in [6, 6.07) is 5.47. The molecule has 8 heteroatoms. The van der Waals surface area contributed by atoms with Gasteiger partial charge in [-0.15, -0.1) is 0 Å². The van der Waals surface area contributed by atoms with Gasteiger partial charge in [0.1, 0.15) is 5.82 Å². The SMILES string of the molecule is CS(=O)(=O)c1ccc(F)c(NC(=O)c2cc[nH]c(=O)c2)c1. The maximum Gasteiger partial charge on any atom is 0.255 e. The van der Waals surface area contributed by atoms with E-state index in [1.807, 2.05) is 0 Å². The summed E-state index contributed by atoms with van der Waals surface area (Å²) in [6.45, 7) is 0. The minimum atomic E-state index is -3.52. The van der Waals surface area contributed by atoms with Crippen LogP contribution < -0.4 is 10.9 Å². The second-order valence-electron chi connectivity index (χ2n) is 4.31. The first kappa shape index (κ1) is 14.9. The van der Waals surface area contributed by atoms with Crippen LogP contribution >= 0.6 is 0 Å². The number of amides is 1. The number of anilines is 1. The van der Waals surface area contributed by atoms with Crippen molar-refractivity contribution in [1.29, 1.82) is 0 Å². The molecule has 1 amide bonds. The molecule has 6 nitrogen and oxygen atoms in total. The van der Waals surface area contributed by atoms with Gasteiger partial charge in [0, 0.05) is 24.1 Å². The topological polar surface area (TPSA) is 96.1 Å².